The molecule has 1 aromatic carbocycles. The number of carbonyl (C=O) groups is 1. The fraction of sp³-hybridized carbons (Fsp3) is 0.588. The number of hydrogen-bond donors (Lipinski definition) is 0. The molecule has 0 spiro atoms. The molecule has 22 heavy (non-hydrogen) atoms. The molecule has 1 aromatic rings. The van der Waals surface area contributed by atoms with Crippen molar-refractivity contribution in [2.75, 3.05) is 0 Å². The third kappa shape index (κ3) is 2.49. The Balaban J connectivity index is 1.92. The maximum Gasteiger partial charge on any atom is 0.166 e. The van der Waals surface area contributed by atoms with E-state index < -0.39 is 9.84 Å². The van der Waals surface area contributed by atoms with Gasteiger partial charge in [-0.15, -0.1) is 0 Å². The highest BCUT2D eigenvalue weighted by molar-refractivity contribution is 7.92. The Morgan fingerprint density at radius 1 is 1.09 bits per heavy atom. The van der Waals surface area contributed by atoms with E-state index in [1.54, 1.807) is 13.8 Å². The molecule has 0 aromatic heterocycles. The molecule has 2 atom stereocenters. The summed E-state index contributed by atoms with van der Waals surface area (Å²) in [7, 11) is -3.05. The Kier molecular flexibility index (Phi) is 3.87. The number of benzene rings is 1. The average Bonchev–Trinajstić information content (AvgIpc) is 2.35. The number of Topliss-reactive ketones (excluding diaryl/α,β-unsaturated/α-hetero) is 1. The lowest BCUT2D eigenvalue weighted by molar-refractivity contribution is 0.0892. The van der Waals surface area contributed by atoms with Crippen molar-refractivity contribution in [3.05, 3.63) is 34.6 Å². The summed E-state index contributed by atoms with van der Waals surface area (Å²) in [5.74, 6) is -0.599. The molecule has 0 amide bonds. The molecule has 2 fully saturated rings. The second-order valence-electron chi connectivity index (χ2n) is 6.71. The van der Waals surface area contributed by atoms with Crippen molar-refractivity contribution in [3.63, 3.8) is 0 Å². The van der Waals surface area contributed by atoms with Gasteiger partial charge in [0.05, 0.1) is 10.5 Å². The van der Waals surface area contributed by atoms with Crippen LogP contribution in [0.2, 0.25) is 0 Å². The quantitative estimate of drug-likeness (QED) is 0.784. The van der Waals surface area contributed by atoms with Gasteiger partial charge in [-0.3, -0.25) is 4.79 Å². The Bertz CT molecular complexity index is 680. The van der Waals surface area contributed by atoms with E-state index >= 15 is 0 Å². The molecular formula is C17H21FO3S. The van der Waals surface area contributed by atoms with Crippen molar-refractivity contribution in [1.29, 1.82) is 0 Å². The van der Waals surface area contributed by atoms with E-state index in [0.29, 0.717) is 42.4 Å². The Morgan fingerprint density at radius 3 is 2.09 bits per heavy atom. The summed E-state index contributed by atoms with van der Waals surface area (Å²) in [5, 5.41) is -0.731. The Labute approximate surface area is 130 Å². The lowest BCUT2D eigenvalue weighted by Crippen LogP contribution is -2.45. The van der Waals surface area contributed by atoms with Gasteiger partial charge in [0.15, 0.2) is 15.6 Å². The molecule has 0 N–H and O–H groups in total. The molecule has 2 aliphatic heterocycles. The summed E-state index contributed by atoms with van der Waals surface area (Å²) in [6, 6.07) is 2.75. The normalized spacial score (nSPS) is 30.0. The van der Waals surface area contributed by atoms with Gasteiger partial charge >= 0.3 is 0 Å². The average molecular weight is 324 g/mol. The number of sulfone groups is 1. The van der Waals surface area contributed by atoms with Crippen molar-refractivity contribution in [1.82, 2.24) is 0 Å². The molecule has 2 unspecified atom stereocenters. The van der Waals surface area contributed by atoms with Crippen LogP contribution in [0.5, 0.6) is 0 Å². The Morgan fingerprint density at radius 2 is 1.59 bits per heavy atom. The standard InChI is InChI=1S/C17H21FO3S/c1-10-6-13(18)7-11(2)16(10)17(19)12-8-14-4-3-5-15(9-12)22(14,20)21/h6-7,12,14-15H,3-5,8-9H2,1-2H3. The van der Waals surface area contributed by atoms with Crippen molar-refractivity contribution >= 4 is 15.6 Å². The van der Waals surface area contributed by atoms with E-state index in [2.05, 4.69) is 0 Å². The van der Waals surface area contributed by atoms with E-state index in [-0.39, 0.29) is 28.0 Å². The van der Waals surface area contributed by atoms with Gasteiger partial charge in [-0.2, -0.15) is 0 Å². The monoisotopic (exact) mass is 324 g/mol. The topological polar surface area (TPSA) is 51.2 Å². The van der Waals surface area contributed by atoms with Crippen molar-refractivity contribution in [3.8, 4) is 0 Å². The van der Waals surface area contributed by atoms with E-state index in [1.165, 1.54) is 12.1 Å². The van der Waals surface area contributed by atoms with Crippen molar-refractivity contribution < 1.29 is 17.6 Å². The van der Waals surface area contributed by atoms with Crippen LogP contribution in [0.3, 0.4) is 0 Å². The lowest BCUT2D eigenvalue weighted by Gasteiger charge is -2.38. The first kappa shape index (κ1) is 15.7. The van der Waals surface area contributed by atoms with Gasteiger partial charge in [0, 0.05) is 11.5 Å². The van der Waals surface area contributed by atoms with E-state index in [1.807, 2.05) is 0 Å². The second kappa shape index (κ2) is 5.44. The minimum atomic E-state index is -3.05. The number of aryl methyl sites for hydroxylation is 2. The minimum absolute atomic E-state index is 0.0122. The van der Waals surface area contributed by atoms with Crippen LogP contribution in [0, 0.1) is 25.6 Å². The first-order valence-corrected chi connectivity index (χ1v) is 9.45. The molecule has 2 aliphatic rings. The lowest BCUT2D eigenvalue weighted by atomic mass is 9.82. The van der Waals surface area contributed by atoms with Crippen LogP contribution in [0.25, 0.3) is 0 Å². The predicted molar refractivity (Wildman–Crippen MR) is 83.3 cm³/mol. The minimum Gasteiger partial charge on any atom is -0.294 e. The molecule has 2 saturated heterocycles. The molecule has 2 heterocycles. The highest BCUT2D eigenvalue weighted by Crippen LogP contribution is 2.41. The van der Waals surface area contributed by atoms with Gasteiger partial charge in [0.25, 0.3) is 0 Å². The number of ketones is 1. The number of carbonyl (C=O) groups excluding carboxylic acids is 1. The summed E-state index contributed by atoms with van der Waals surface area (Å²) in [4.78, 5) is 12.9. The smallest absolute Gasteiger partial charge is 0.166 e. The number of rotatable bonds is 2. The molecule has 2 bridgehead atoms. The molecular weight excluding hydrogens is 303 g/mol. The molecule has 120 valence electrons. The molecule has 0 radical (unpaired) electrons. The van der Waals surface area contributed by atoms with Crippen molar-refractivity contribution in [2.24, 2.45) is 5.92 Å². The fourth-order valence-electron chi connectivity index (χ4n) is 4.13. The maximum absolute atomic E-state index is 13.4. The van der Waals surface area contributed by atoms with E-state index in [9.17, 15) is 17.6 Å². The van der Waals surface area contributed by atoms with Gasteiger partial charge in [0.2, 0.25) is 0 Å². The zero-order valence-corrected chi connectivity index (χ0v) is 13.7. The maximum atomic E-state index is 13.4. The van der Waals surface area contributed by atoms with Crippen LogP contribution in [-0.4, -0.2) is 24.7 Å². The summed E-state index contributed by atoms with van der Waals surface area (Å²) < 4.78 is 38.0. The summed E-state index contributed by atoms with van der Waals surface area (Å²) in [6.07, 6.45) is 3.12. The molecule has 0 aliphatic carbocycles. The van der Waals surface area contributed by atoms with Crippen LogP contribution in [-0.2, 0) is 9.84 Å². The number of fused-ring (bicyclic) bond motifs is 2. The van der Waals surface area contributed by atoms with Gasteiger partial charge < -0.3 is 0 Å². The zero-order chi connectivity index (χ0) is 16.1. The van der Waals surface area contributed by atoms with Gasteiger partial charge in [-0.25, -0.2) is 12.8 Å². The molecule has 3 rings (SSSR count). The van der Waals surface area contributed by atoms with E-state index in [4.69, 9.17) is 0 Å². The highest BCUT2D eigenvalue weighted by atomic mass is 32.2. The summed E-state index contributed by atoms with van der Waals surface area (Å²) >= 11 is 0. The van der Waals surface area contributed by atoms with Crippen LogP contribution in [0.4, 0.5) is 4.39 Å². The van der Waals surface area contributed by atoms with Crippen LogP contribution < -0.4 is 0 Å². The largest absolute Gasteiger partial charge is 0.294 e. The summed E-state index contributed by atoms with van der Waals surface area (Å²) in [6.45, 7) is 3.48. The van der Waals surface area contributed by atoms with Crippen LogP contribution in [0.1, 0.15) is 53.6 Å². The molecule has 0 saturated carbocycles. The first-order chi connectivity index (χ1) is 10.3. The SMILES string of the molecule is Cc1cc(F)cc(C)c1C(=O)C1CC2CCCC(C1)S2(=O)=O. The zero-order valence-electron chi connectivity index (χ0n) is 12.9. The van der Waals surface area contributed by atoms with Crippen LogP contribution in [0.15, 0.2) is 12.1 Å². The third-order valence-corrected chi connectivity index (χ3v) is 7.91. The van der Waals surface area contributed by atoms with E-state index in [0.717, 1.165) is 6.42 Å². The first-order valence-electron chi connectivity index (χ1n) is 7.84. The van der Waals surface area contributed by atoms with Crippen molar-refractivity contribution in [2.45, 2.75) is 56.5 Å². The summed E-state index contributed by atoms with van der Waals surface area (Å²) in [5.41, 5.74) is 1.85. The van der Waals surface area contributed by atoms with Gasteiger partial charge in [-0.05, 0) is 62.8 Å². The number of hydrogen-bond acceptors (Lipinski definition) is 3. The third-order valence-electron chi connectivity index (χ3n) is 5.19. The van der Waals surface area contributed by atoms with Gasteiger partial charge in [0.1, 0.15) is 5.82 Å². The van der Waals surface area contributed by atoms with Crippen LogP contribution >= 0.6 is 0 Å². The second-order valence-corrected chi connectivity index (χ2v) is 9.22. The van der Waals surface area contributed by atoms with Gasteiger partial charge in [-0.1, -0.05) is 6.42 Å². The number of halogens is 1. The highest BCUT2D eigenvalue weighted by Gasteiger charge is 2.46. The predicted octanol–water partition coefficient (Wildman–Crippen LogP) is 3.37. The Hall–Kier alpha value is -1.23. The molecule has 5 heteroatoms. The molecule has 3 nitrogen and oxygen atoms in total. The fourth-order valence-corrected chi connectivity index (χ4v) is 6.66.